The van der Waals surface area contributed by atoms with Gasteiger partial charge < -0.3 is 9.26 Å². The molecule has 0 aromatic carbocycles. The van der Waals surface area contributed by atoms with E-state index in [1.165, 1.54) is 6.08 Å². The number of phosphoric acid groups is 1. The first kappa shape index (κ1) is 32.9. The van der Waals surface area contributed by atoms with E-state index < -0.39 is 43.1 Å². The molecule has 0 saturated heterocycles. The normalized spacial score (nSPS) is 26.2. The van der Waals surface area contributed by atoms with Gasteiger partial charge in [-0.2, -0.15) is 0 Å². The molecule has 0 aromatic rings. The maximum Gasteiger partial charge on any atom is 0.532 e. The number of hydrogen-bond donors (Lipinski definition) is 0. The highest BCUT2D eigenvalue weighted by atomic mass is 31.2. The van der Waals surface area contributed by atoms with E-state index in [1.807, 2.05) is 13.0 Å². The lowest BCUT2D eigenvalue weighted by atomic mass is 9.56. The van der Waals surface area contributed by atoms with Crippen LogP contribution >= 0.6 is 7.82 Å². The molecule has 1 saturated carbocycles. The average molecular weight is 567 g/mol. The zero-order valence-electron chi connectivity index (χ0n) is 24.0. The van der Waals surface area contributed by atoms with E-state index in [0.717, 1.165) is 19.3 Å². The second-order valence-corrected chi connectivity index (χ2v) is 12.1. The number of allylic oxidation sites excluding steroid dienone is 3. The molecule has 218 valence electrons. The van der Waals surface area contributed by atoms with E-state index in [0.29, 0.717) is 17.4 Å². The molecule has 1 unspecified atom stereocenters. The number of rotatable bonds is 14. The minimum absolute atomic E-state index is 0.00926. The smallest absolute Gasteiger partial charge is 0.454 e. The van der Waals surface area contributed by atoms with Crippen LogP contribution in [0.25, 0.3) is 0 Å². The maximum atomic E-state index is 13.4. The number of carbonyl (C=O) groups is 4. The van der Waals surface area contributed by atoms with Crippen LogP contribution in [0.3, 0.4) is 0 Å². The number of unbranched alkanes of at least 4 members (excludes halogenated alkanes) is 1. The van der Waals surface area contributed by atoms with Crippen molar-refractivity contribution in [3.8, 4) is 0 Å². The zero-order valence-corrected chi connectivity index (χ0v) is 24.9. The molecule has 0 bridgehead atoms. The molecular weight excluding hydrogens is 523 g/mol. The van der Waals surface area contributed by atoms with Crippen molar-refractivity contribution < 1.29 is 42.1 Å². The average Bonchev–Trinajstić information content (AvgIpc) is 2.87. The predicted molar refractivity (Wildman–Crippen MR) is 147 cm³/mol. The van der Waals surface area contributed by atoms with Crippen LogP contribution in [-0.2, 0) is 42.1 Å². The summed E-state index contributed by atoms with van der Waals surface area (Å²) < 4.78 is 34.4. The monoisotopic (exact) mass is 566 g/mol. The van der Waals surface area contributed by atoms with Crippen LogP contribution in [-0.4, -0.2) is 43.3 Å². The van der Waals surface area contributed by atoms with Crippen molar-refractivity contribution in [2.75, 3.05) is 13.2 Å². The van der Waals surface area contributed by atoms with Crippen molar-refractivity contribution in [2.45, 2.75) is 86.2 Å². The lowest BCUT2D eigenvalue weighted by Gasteiger charge is -2.48. The third-order valence-electron chi connectivity index (χ3n) is 7.54. The molecule has 5 atom stereocenters. The molecule has 39 heavy (non-hydrogen) atoms. The van der Waals surface area contributed by atoms with Gasteiger partial charge in [-0.1, -0.05) is 46.3 Å². The van der Waals surface area contributed by atoms with Gasteiger partial charge in [0.05, 0.1) is 25.0 Å². The summed E-state index contributed by atoms with van der Waals surface area (Å²) in [6, 6.07) is 0. The lowest BCUT2D eigenvalue weighted by molar-refractivity contribution is -0.152. The number of aldehydes is 1. The molecule has 0 aliphatic heterocycles. The number of ether oxygens (including phenoxy) is 1. The lowest BCUT2D eigenvalue weighted by Crippen LogP contribution is -2.49. The summed E-state index contributed by atoms with van der Waals surface area (Å²) in [6.45, 7) is 14.6. The van der Waals surface area contributed by atoms with Crippen LogP contribution in [0.2, 0.25) is 0 Å². The Balaban J connectivity index is 2.40. The van der Waals surface area contributed by atoms with Crippen molar-refractivity contribution in [1.29, 1.82) is 0 Å². The molecule has 2 aliphatic carbocycles. The molecule has 9 nitrogen and oxygen atoms in total. The van der Waals surface area contributed by atoms with Crippen LogP contribution in [0, 0.1) is 23.2 Å². The topological polar surface area (TPSA) is 122 Å². The summed E-state index contributed by atoms with van der Waals surface area (Å²) in [5.41, 5.74) is 0.00153. The summed E-state index contributed by atoms with van der Waals surface area (Å²) in [4.78, 5) is 51.0. The predicted octanol–water partition coefficient (Wildman–Crippen LogP) is 6.08. The van der Waals surface area contributed by atoms with Crippen molar-refractivity contribution in [1.82, 2.24) is 0 Å². The van der Waals surface area contributed by atoms with Gasteiger partial charge >= 0.3 is 19.8 Å². The number of carbonyl (C=O) groups excluding carboxylic acids is 4. The van der Waals surface area contributed by atoms with Gasteiger partial charge in [-0.05, 0) is 69.6 Å². The molecule has 0 spiro atoms. The van der Waals surface area contributed by atoms with Crippen LogP contribution in [0.1, 0.15) is 80.1 Å². The van der Waals surface area contributed by atoms with Gasteiger partial charge in [-0.3, -0.25) is 23.4 Å². The van der Waals surface area contributed by atoms with Gasteiger partial charge in [-0.25, -0.2) is 9.36 Å². The van der Waals surface area contributed by atoms with Crippen molar-refractivity contribution in [3.05, 3.63) is 35.5 Å². The van der Waals surface area contributed by atoms with Crippen molar-refractivity contribution in [2.24, 2.45) is 23.2 Å². The van der Waals surface area contributed by atoms with Crippen LogP contribution in [0.4, 0.5) is 0 Å². The zero-order chi connectivity index (χ0) is 29.4. The second-order valence-electron chi connectivity index (χ2n) is 10.6. The quantitative estimate of drug-likeness (QED) is 0.106. The molecule has 0 amide bonds. The minimum Gasteiger partial charge on any atom is -0.454 e. The van der Waals surface area contributed by atoms with Gasteiger partial charge in [0.1, 0.15) is 12.4 Å². The van der Waals surface area contributed by atoms with Crippen LogP contribution in [0.15, 0.2) is 35.5 Å². The third kappa shape index (κ3) is 8.09. The second kappa shape index (κ2) is 14.3. The Kier molecular flexibility index (Phi) is 12.1. The molecule has 0 N–H and O–H groups in total. The van der Waals surface area contributed by atoms with Gasteiger partial charge in [0, 0.05) is 11.0 Å². The highest BCUT2D eigenvalue weighted by Gasteiger charge is 2.54. The molecule has 2 rings (SSSR count). The maximum absolute atomic E-state index is 13.4. The van der Waals surface area contributed by atoms with E-state index in [4.69, 9.17) is 18.3 Å². The van der Waals surface area contributed by atoms with Gasteiger partial charge in [0.15, 0.2) is 5.78 Å². The fraction of sp³-hybridized carbons (Fsp3) is 0.655. The SMILES string of the molecule is C=C(C=O)[C@@H]1C[C@@]2(C)C(=CC1=O)[C@H](OC(=O)/C(C)=C/C(C)CCCC)CC[C@@H]2C(=O)OP(=O)(OCC)OCC. The van der Waals surface area contributed by atoms with E-state index in [9.17, 15) is 23.7 Å². The Morgan fingerprint density at radius 1 is 1.21 bits per heavy atom. The number of fused-ring (bicyclic) bond motifs is 1. The Bertz CT molecular complexity index is 1050. The van der Waals surface area contributed by atoms with Gasteiger partial charge in [0.2, 0.25) is 0 Å². The molecule has 0 aromatic heterocycles. The fourth-order valence-corrected chi connectivity index (χ4v) is 6.62. The molecule has 10 heteroatoms. The van der Waals surface area contributed by atoms with Crippen molar-refractivity contribution >= 4 is 31.8 Å². The summed E-state index contributed by atoms with van der Waals surface area (Å²) in [5, 5.41) is 0. The largest absolute Gasteiger partial charge is 0.532 e. The fourth-order valence-electron chi connectivity index (χ4n) is 5.46. The molecule has 1 fully saturated rings. The summed E-state index contributed by atoms with van der Waals surface area (Å²) in [5.74, 6) is -3.11. The Morgan fingerprint density at radius 2 is 1.85 bits per heavy atom. The summed E-state index contributed by atoms with van der Waals surface area (Å²) >= 11 is 0. The molecule has 0 heterocycles. The van der Waals surface area contributed by atoms with Crippen LogP contribution < -0.4 is 0 Å². The van der Waals surface area contributed by atoms with Gasteiger partial charge in [-0.15, -0.1) is 0 Å². The summed E-state index contributed by atoms with van der Waals surface area (Å²) in [6.07, 6.45) is 6.69. The highest BCUT2D eigenvalue weighted by Crippen LogP contribution is 2.56. The van der Waals surface area contributed by atoms with E-state index in [2.05, 4.69) is 13.5 Å². The third-order valence-corrected chi connectivity index (χ3v) is 9.09. The number of hydrogen-bond acceptors (Lipinski definition) is 9. The molecular formula is C29H43O9P. The van der Waals surface area contributed by atoms with Crippen molar-refractivity contribution in [3.63, 3.8) is 0 Å². The Labute approximate surface area is 232 Å². The Hall–Kier alpha value is -2.35. The number of esters is 1. The number of phosphoric ester groups is 1. The minimum atomic E-state index is -4.15. The molecule has 2 aliphatic rings. The van der Waals surface area contributed by atoms with E-state index in [1.54, 1.807) is 27.7 Å². The Morgan fingerprint density at radius 3 is 2.41 bits per heavy atom. The van der Waals surface area contributed by atoms with Gasteiger partial charge in [0.25, 0.3) is 0 Å². The van der Waals surface area contributed by atoms with Crippen LogP contribution in [0.5, 0.6) is 0 Å². The molecule has 0 radical (unpaired) electrons. The summed E-state index contributed by atoms with van der Waals surface area (Å²) in [7, 11) is -4.15. The first-order valence-corrected chi connectivity index (χ1v) is 15.2. The first-order valence-electron chi connectivity index (χ1n) is 13.8. The standard InChI is InChI=1S/C29H43O9P/c1-8-11-12-19(4)15-20(5)27(32)37-26-14-13-23(28(33)38-39(34,35-9-2)36-10-3)29(7)17-22(21(6)18-30)25(31)16-24(26)29/h15-16,18-19,22-23,26H,6,8-14,17H2,1-5,7H3/b20-15+/t19?,22-,23+,26+,29+/m0/s1. The van der Waals surface area contributed by atoms with E-state index in [-0.39, 0.29) is 49.8 Å². The number of ketones is 1. The highest BCUT2D eigenvalue weighted by molar-refractivity contribution is 7.49. The first-order chi connectivity index (χ1) is 18.3. The van der Waals surface area contributed by atoms with E-state index >= 15 is 0 Å².